The third kappa shape index (κ3) is 2.77. The van der Waals surface area contributed by atoms with Crippen LogP contribution < -0.4 is 10.2 Å². The molecule has 2 saturated heterocycles. The maximum absolute atomic E-state index is 11.4. The molecule has 1 atom stereocenters. The van der Waals surface area contributed by atoms with Crippen LogP contribution in [0.25, 0.3) is 0 Å². The van der Waals surface area contributed by atoms with Crippen molar-refractivity contribution in [1.29, 1.82) is 0 Å². The second kappa shape index (κ2) is 5.79. The first-order valence-corrected chi connectivity index (χ1v) is 7.45. The van der Waals surface area contributed by atoms with Crippen molar-refractivity contribution >= 4 is 11.7 Å². The van der Waals surface area contributed by atoms with Crippen LogP contribution in [0.15, 0.2) is 18.2 Å². The molecule has 3 heterocycles. The number of hydrogen-bond donors (Lipinski definition) is 1. The quantitative estimate of drug-likeness (QED) is 0.879. The maximum atomic E-state index is 11.4. The summed E-state index contributed by atoms with van der Waals surface area (Å²) in [5.74, 6) is 1.21. The summed E-state index contributed by atoms with van der Waals surface area (Å²) in [7, 11) is 0. The van der Waals surface area contributed by atoms with Crippen LogP contribution in [0, 0.1) is 0 Å². The zero-order valence-electron chi connectivity index (χ0n) is 12.0. The predicted octanol–water partition coefficient (Wildman–Crippen LogP) is 1.17. The molecule has 0 unspecified atom stereocenters. The van der Waals surface area contributed by atoms with Gasteiger partial charge in [-0.05, 0) is 31.5 Å². The molecule has 0 radical (unpaired) electrons. The lowest BCUT2D eigenvalue weighted by Gasteiger charge is -2.35. The van der Waals surface area contributed by atoms with Crippen molar-refractivity contribution in [2.75, 3.05) is 37.6 Å². The second-order valence-corrected chi connectivity index (χ2v) is 5.56. The summed E-state index contributed by atoms with van der Waals surface area (Å²) < 4.78 is 0. The topological polar surface area (TPSA) is 48.5 Å². The highest BCUT2D eigenvalue weighted by molar-refractivity contribution is 5.73. The summed E-state index contributed by atoms with van der Waals surface area (Å²) in [5, 5.41) is 3.49. The molecule has 1 aromatic heterocycles. The average molecular weight is 274 g/mol. The summed E-state index contributed by atoms with van der Waals surface area (Å²) in [5.41, 5.74) is 1.15. The molecule has 1 N–H and O–H groups in total. The summed E-state index contributed by atoms with van der Waals surface area (Å²) in [6.07, 6.45) is 2.41. The Morgan fingerprint density at radius 2 is 2.10 bits per heavy atom. The van der Waals surface area contributed by atoms with Gasteiger partial charge in [0, 0.05) is 39.1 Å². The van der Waals surface area contributed by atoms with E-state index in [9.17, 15) is 4.79 Å². The first-order chi connectivity index (χ1) is 9.74. The highest BCUT2D eigenvalue weighted by Crippen LogP contribution is 2.23. The van der Waals surface area contributed by atoms with E-state index >= 15 is 0 Å². The molecule has 2 fully saturated rings. The highest BCUT2D eigenvalue weighted by atomic mass is 16.2. The third-order valence-corrected chi connectivity index (χ3v) is 4.22. The van der Waals surface area contributed by atoms with E-state index < -0.39 is 0 Å². The molecule has 0 aliphatic carbocycles. The van der Waals surface area contributed by atoms with Gasteiger partial charge in [-0.25, -0.2) is 4.98 Å². The summed E-state index contributed by atoms with van der Waals surface area (Å²) in [6, 6.07) is 6.68. The minimum absolute atomic E-state index is 0.168. The molecule has 108 valence electrons. The smallest absolute Gasteiger partial charge is 0.219 e. The Morgan fingerprint density at radius 1 is 1.30 bits per heavy atom. The van der Waals surface area contributed by atoms with Crippen molar-refractivity contribution in [2.24, 2.45) is 0 Å². The van der Waals surface area contributed by atoms with E-state index in [1.807, 2.05) is 4.90 Å². The molecule has 2 aliphatic heterocycles. The Hall–Kier alpha value is -1.62. The summed E-state index contributed by atoms with van der Waals surface area (Å²) in [4.78, 5) is 20.3. The first-order valence-electron chi connectivity index (χ1n) is 7.45. The van der Waals surface area contributed by atoms with Crippen LogP contribution in [-0.2, 0) is 4.79 Å². The van der Waals surface area contributed by atoms with Crippen LogP contribution in [0.2, 0.25) is 0 Å². The molecule has 2 aliphatic rings. The number of carbonyl (C=O) groups is 1. The van der Waals surface area contributed by atoms with Crippen molar-refractivity contribution in [3.8, 4) is 0 Å². The van der Waals surface area contributed by atoms with Crippen LogP contribution in [0.3, 0.4) is 0 Å². The standard InChI is InChI=1S/C15H22N4O/c1-12(20)18-8-10-19(11-9-18)15-6-2-4-14(17-15)13-5-3-7-16-13/h2,4,6,13,16H,3,5,7-11H2,1H3/t13-/m0/s1. The predicted molar refractivity (Wildman–Crippen MR) is 78.7 cm³/mol. The van der Waals surface area contributed by atoms with Crippen LogP contribution in [0.5, 0.6) is 0 Å². The van der Waals surface area contributed by atoms with Crippen molar-refractivity contribution in [3.63, 3.8) is 0 Å². The summed E-state index contributed by atoms with van der Waals surface area (Å²) >= 11 is 0. The minimum Gasteiger partial charge on any atom is -0.353 e. The second-order valence-electron chi connectivity index (χ2n) is 5.56. The number of nitrogens with zero attached hydrogens (tertiary/aromatic N) is 3. The number of hydrogen-bond acceptors (Lipinski definition) is 4. The number of pyridine rings is 1. The number of rotatable bonds is 2. The molecule has 3 rings (SSSR count). The van der Waals surface area contributed by atoms with E-state index in [4.69, 9.17) is 4.98 Å². The number of amides is 1. The van der Waals surface area contributed by atoms with E-state index in [2.05, 4.69) is 28.4 Å². The van der Waals surface area contributed by atoms with Gasteiger partial charge < -0.3 is 15.1 Å². The molecule has 0 bridgehead atoms. The number of carbonyl (C=O) groups excluding carboxylic acids is 1. The molecular weight excluding hydrogens is 252 g/mol. The largest absolute Gasteiger partial charge is 0.353 e. The van der Waals surface area contributed by atoms with E-state index in [1.54, 1.807) is 6.92 Å². The Labute approximate surface area is 120 Å². The maximum Gasteiger partial charge on any atom is 0.219 e. The Balaban J connectivity index is 1.68. The number of aromatic nitrogens is 1. The van der Waals surface area contributed by atoms with Crippen molar-refractivity contribution in [1.82, 2.24) is 15.2 Å². The van der Waals surface area contributed by atoms with Crippen molar-refractivity contribution < 1.29 is 4.79 Å². The average Bonchev–Trinajstić information content (AvgIpc) is 3.02. The normalized spacial score (nSPS) is 23.1. The van der Waals surface area contributed by atoms with Crippen LogP contribution in [0.1, 0.15) is 31.5 Å². The Kier molecular flexibility index (Phi) is 3.87. The van der Waals surface area contributed by atoms with Gasteiger partial charge in [0.25, 0.3) is 0 Å². The SMILES string of the molecule is CC(=O)N1CCN(c2cccc([C@@H]3CCCN3)n2)CC1. The van der Waals surface area contributed by atoms with E-state index in [0.29, 0.717) is 6.04 Å². The van der Waals surface area contributed by atoms with Gasteiger partial charge in [0.15, 0.2) is 0 Å². The fourth-order valence-electron chi connectivity index (χ4n) is 3.00. The lowest BCUT2D eigenvalue weighted by atomic mass is 10.1. The lowest BCUT2D eigenvalue weighted by molar-refractivity contribution is -0.129. The zero-order chi connectivity index (χ0) is 13.9. The van der Waals surface area contributed by atoms with Gasteiger partial charge in [-0.15, -0.1) is 0 Å². The van der Waals surface area contributed by atoms with E-state index in [1.165, 1.54) is 12.8 Å². The Bertz CT molecular complexity index is 477. The monoisotopic (exact) mass is 274 g/mol. The third-order valence-electron chi connectivity index (χ3n) is 4.22. The number of anilines is 1. The Morgan fingerprint density at radius 3 is 2.75 bits per heavy atom. The van der Waals surface area contributed by atoms with Crippen LogP contribution in [-0.4, -0.2) is 48.5 Å². The van der Waals surface area contributed by atoms with Crippen LogP contribution >= 0.6 is 0 Å². The van der Waals surface area contributed by atoms with Gasteiger partial charge in [0.1, 0.15) is 5.82 Å². The molecule has 5 heteroatoms. The van der Waals surface area contributed by atoms with Gasteiger partial charge in [-0.1, -0.05) is 6.07 Å². The fourth-order valence-corrected chi connectivity index (χ4v) is 3.00. The minimum atomic E-state index is 0.168. The van der Waals surface area contributed by atoms with E-state index in [-0.39, 0.29) is 5.91 Å². The van der Waals surface area contributed by atoms with E-state index in [0.717, 1.165) is 44.2 Å². The molecule has 1 amide bonds. The first kappa shape index (κ1) is 13.4. The van der Waals surface area contributed by atoms with Gasteiger partial charge in [0.2, 0.25) is 5.91 Å². The molecule has 0 spiro atoms. The lowest BCUT2D eigenvalue weighted by Crippen LogP contribution is -2.48. The number of nitrogens with one attached hydrogen (secondary N) is 1. The van der Waals surface area contributed by atoms with Crippen molar-refractivity contribution in [2.45, 2.75) is 25.8 Å². The van der Waals surface area contributed by atoms with Gasteiger partial charge in [0.05, 0.1) is 5.69 Å². The molecule has 0 saturated carbocycles. The molecule has 5 nitrogen and oxygen atoms in total. The van der Waals surface area contributed by atoms with Crippen LogP contribution in [0.4, 0.5) is 5.82 Å². The fraction of sp³-hybridized carbons (Fsp3) is 0.600. The molecule has 20 heavy (non-hydrogen) atoms. The van der Waals surface area contributed by atoms with Gasteiger partial charge in [-0.3, -0.25) is 4.79 Å². The van der Waals surface area contributed by atoms with Gasteiger partial charge >= 0.3 is 0 Å². The zero-order valence-corrected chi connectivity index (χ0v) is 12.0. The molecule has 1 aromatic rings. The number of piperazine rings is 1. The molecule has 0 aromatic carbocycles. The van der Waals surface area contributed by atoms with Gasteiger partial charge in [-0.2, -0.15) is 0 Å². The highest BCUT2D eigenvalue weighted by Gasteiger charge is 2.21. The molecular formula is C15H22N4O. The summed E-state index contributed by atoms with van der Waals surface area (Å²) in [6.45, 7) is 6.06. The van der Waals surface area contributed by atoms with Crippen molar-refractivity contribution in [3.05, 3.63) is 23.9 Å².